The van der Waals surface area contributed by atoms with Gasteiger partial charge in [-0.3, -0.25) is 9.59 Å². The topological polar surface area (TPSA) is 49.4 Å². The monoisotopic (exact) mass is 244 g/mol. The molecular weight excluding hydrogens is 228 g/mol. The quantitative estimate of drug-likeness (QED) is 0.652. The Hall–Kier alpha value is -2.10. The number of Topliss-reactive ketones (excluding diaryl/α,β-unsaturated/α-hetero) is 1. The Morgan fingerprint density at radius 3 is 2.72 bits per heavy atom. The van der Waals surface area contributed by atoms with E-state index in [4.69, 9.17) is 0 Å². The Balaban J connectivity index is 2.32. The summed E-state index contributed by atoms with van der Waals surface area (Å²) in [6.07, 6.45) is 0. The van der Waals surface area contributed by atoms with Crippen LogP contribution >= 0.6 is 0 Å². The summed E-state index contributed by atoms with van der Waals surface area (Å²) in [5.74, 6) is -1.01. The molecule has 2 rings (SSSR count). The Morgan fingerprint density at radius 2 is 2.11 bits per heavy atom. The highest BCUT2D eigenvalue weighted by Crippen LogP contribution is 2.28. The molecule has 1 amide bonds. The molecule has 1 aliphatic heterocycles. The molecule has 0 unspecified atom stereocenters. The molecule has 0 aromatic heterocycles. The molecule has 1 heterocycles. The lowest BCUT2D eigenvalue weighted by Gasteiger charge is -2.23. The van der Waals surface area contributed by atoms with Crippen LogP contribution in [-0.2, 0) is 4.79 Å². The van der Waals surface area contributed by atoms with Crippen LogP contribution in [0.5, 0.6) is 0 Å². The first-order chi connectivity index (χ1) is 8.52. The minimum Gasteiger partial charge on any atom is -0.368 e. The normalized spacial score (nSPS) is 13.2. The van der Waals surface area contributed by atoms with Crippen molar-refractivity contribution in [1.29, 1.82) is 0 Å². The SMILES string of the molecule is C=C(C)CN(CC)c1ccc2c(c1)NC(=O)C2=O. The lowest BCUT2D eigenvalue weighted by molar-refractivity contribution is -0.112. The van der Waals surface area contributed by atoms with Gasteiger partial charge in [0.25, 0.3) is 11.7 Å². The third-order valence-electron chi connectivity index (χ3n) is 2.91. The van der Waals surface area contributed by atoms with Gasteiger partial charge >= 0.3 is 0 Å². The Bertz CT molecular complexity index is 535. The number of carbonyl (C=O) groups excluding carboxylic acids is 2. The van der Waals surface area contributed by atoms with E-state index in [1.807, 2.05) is 19.1 Å². The minimum atomic E-state index is -0.551. The molecule has 1 aromatic rings. The van der Waals surface area contributed by atoms with Crippen LogP contribution in [0.3, 0.4) is 0 Å². The van der Waals surface area contributed by atoms with Gasteiger partial charge in [-0.2, -0.15) is 0 Å². The van der Waals surface area contributed by atoms with Crippen molar-refractivity contribution in [2.75, 3.05) is 23.3 Å². The maximum atomic E-state index is 11.5. The smallest absolute Gasteiger partial charge is 0.296 e. The number of hydrogen-bond donors (Lipinski definition) is 1. The zero-order valence-corrected chi connectivity index (χ0v) is 10.6. The maximum absolute atomic E-state index is 11.5. The fraction of sp³-hybridized carbons (Fsp3) is 0.286. The average Bonchev–Trinajstić information content (AvgIpc) is 2.61. The Morgan fingerprint density at radius 1 is 1.39 bits per heavy atom. The van der Waals surface area contributed by atoms with Gasteiger partial charge in [0.1, 0.15) is 0 Å². The molecule has 0 spiro atoms. The van der Waals surface area contributed by atoms with Crippen molar-refractivity contribution < 1.29 is 9.59 Å². The van der Waals surface area contributed by atoms with Gasteiger partial charge in [0, 0.05) is 18.8 Å². The molecule has 0 radical (unpaired) electrons. The zero-order valence-electron chi connectivity index (χ0n) is 10.6. The van der Waals surface area contributed by atoms with Crippen molar-refractivity contribution in [3.05, 3.63) is 35.9 Å². The fourth-order valence-corrected chi connectivity index (χ4v) is 2.04. The van der Waals surface area contributed by atoms with Gasteiger partial charge in [-0.25, -0.2) is 0 Å². The number of ketones is 1. The van der Waals surface area contributed by atoms with Crippen LogP contribution in [0.2, 0.25) is 0 Å². The van der Waals surface area contributed by atoms with E-state index in [9.17, 15) is 9.59 Å². The van der Waals surface area contributed by atoms with Gasteiger partial charge in [-0.1, -0.05) is 12.2 Å². The summed E-state index contributed by atoms with van der Waals surface area (Å²) in [6.45, 7) is 9.53. The number of nitrogens with one attached hydrogen (secondary N) is 1. The summed E-state index contributed by atoms with van der Waals surface area (Å²) in [6, 6.07) is 5.40. The number of likely N-dealkylation sites (N-methyl/N-ethyl adjacent to an activating group) is 1. The second kappa shape index (κ2) is 4.64. The summed E-state index contributed by atoms with van der Waals surface area (Å²) < 4.78 is 0. The lowest BCUT2D eigenvalue weighted by atomic mass is 10.1. The third kappa shape index (κ3) is 2.14. The van der Waals surface area contributed by atoms with E-state index < -0.39 is 11.7 Å². The van der Waals surface area contributed by atoms with E-state index in [0.717, 1.165) is 24.4 Å². The molecule has 4 nitrogen and oxygen atoms in total. The lowest BCUT2D eigenvalue weighted by Crippen LogP contribution is -2.24. The zero-order chi connectivity index (χ0) is 13.3. The predicted molar refractivity (Wildman–Crippen MR) is 72.1 cm³/mol. The van der Waals surface area contributed by atoms with E-state index in [1.165, 1.54) is 0 Å². The van der Waals surface area contributed by atoms with Crippen molar-refractivity contribution >= 4 is 23.1 Å². The predicted octanol–water partition coefficient (Wildman–Crippen LogP) is 2.22. The molecule has 0 fully saturated rings. The summed E-state index contributed by atoms with van der Waals surface area (Å²) in [7, 11) is 0. The van der Waals surface area contributed by atoms with Crippen LogP contribution in [0.4, 0.5) is 11.4 Å². The van der Waals surface area contributed by atoms with Crippen molar-refractivity contribution in [2.24, 2.45) is 0 Å². The molecule has 18 heavy (non-hydrogen) atoms. The van der Waals surface area contributed by atoms with Gasteiger partial charge in [0.15, 0.2) is 0 Å². The molecule has 1 aromatic carbocycles. The summed E-state index contributed by atoms with van der Waals surface area (Å²) in [4.78, 5) is 24.9. The second-order valence-corrected chi connectivity index (χ2v) is 4.48. The second-order valence-electron chi connectivity index (χ2n) is 4.48. The van der Waals surface area contributed by atoms with Gasteiger partial charge in [0.2, 0.25) is 0 Å². The summed E-state index contributed by atoms with van der Waals surface area (Å²) in [5, 5.41) is 2.58. The Labute approximate surface area is 106 Å². The molecule has 1 aliphatic rings. The first-order valence-electron chi connectivity index (χ1n) is 5.92. The summed E-state index contributed by atoms with van der Waals surface area (Å²) in [5.41, 5.74) is 3.10. The highest BCUT2D eigenvalue weighted by molar-refractivity contribution is 6.51. The molecule has 0 saturated carbocycles. The number of benzene rings is 1. The maximum Gasteiger partial charge on any atom is 0.296 e. The van der Waals surface area contributed by atoms with E-state index >= 15 is 0 Å². The highest BCUT2D eigenvalue weighted by atomic mass is 16.2. The molecule has 94 valence electrons. The van der Waals surface area contributed by atoms with E-state index in [1.54, 1.807) is 6.07 Å². The van der Waals surface area contributed by atoms with E-state index in [-0.39, 0.29) is 0 Å². The number of carbonyl (C=O) groups is 2. The largest absolute Gasteiger partial charge is 0.368 e. The number of fused-ring (bicyclic) bond motifs is 1. The average molecular weight is 244 g/mol. The molecule has 0 atom stereocenters. The number of amides is 1. The number of anilines is 2. The molecular formula is C14H16N2O2. The van der Waals surface area contributed by atoms with Crippen molar-refractivity contribution in [3.8, 4) is 0 Å². The van der Waals surface area contributed by atoms with Crippen LogP contribution in [0.15, 0.2) is 30.4 Å². The van der Waals surface area contributed by atoms with Gasteiger partial charge in [-0.05, 0) is 32.0 Å². The molecule has 0 aliphatic carbocycles. The standard InChI is InChI=1S/C14H16N2O2/c1-4-16(8-9(2)3)10-5-6-11-12(7-10)15-14(18)13(11)17/h5-7H,2,4,8H2,1,3H3,(H,15,17,18). The fourth-order valence-electron chi connectivity index (χ4n) is 2.04. The van der Waals surface area contributed by atoms with Crippen LogP contribution in [0.25, 0.3) is 0 Å². The van der Waals surface area contributed by atoms with Crippen LogP contribution in [-0.4, -0.2) is 24.8 Å². The van der Waals surface area contributed by atoms with Gasteiger partial charge in [0.05, 0.1) is 11.3 Å². The molecule has 0 saturated heterocycles. The van der Waals surface area contributed by atoms with Gasteiger partial charge in [-0.15, -0.1) is 0 Å². The van der Waals surface area contributed by atoms with Crippen LogP contribution in [0, 0.1) is 0 Å². The summed E-state index contributed by atoms with van der Waals surface area (Å²) >= 11 is 0. The van der Waals surface area contributed by atoms with E-state index in [0.29, 0.717) is 11.3 Å². The first kappa shape index (κ1) is 12.4. The number of hydrogen-bond acceptors (Lipinski definition) is 3. The van der Waals surface area contributed by atoms with Crippen molar-refractivity contribution in [2.45, 2.75) is 13.8 Å². The molecule has 4 heteroatoms. The number of rotatable bonds is 4. The number of nitrogens with zero attached hydrogens (tertiary/aromatic N) is 1. The molecule has 0 bridgehead atoms. The van der Waals surface area contributed by atoms with E-state index in [2.05, 4.69) is 23.7 Å². The first-order valence-corrected chi connectivity index (χ1v) is 5.92. The molecule has 1 N–H and O–H groups in total. The van der Waals surface area contributed by atoms with Crippen LogP contribution < -0.4 is 10.2 Å². The Kier molecular flexibility index (Phi) is 3.19. The highest BCUT2D eigenvalue weighted by Gasteiger charge is 2.28. The van der Waals surface area contributed by atoms with Crippen molar-refractivity contribution in [1.82, 2.24) is 0 Å². The van der Waals surface area contributed by atoms with Gasteiger partial charge < -0.3 is 10.2 Å². The third-order valence-corrected chi connectivity index (χ3v) is 2.91. The van der Waals surface area contributed by atoms with Crippen molar-refractivity contribution in [3.63, 3.8) is 0 Å². The van der Waals surface area contributed by atoms with Crippen LogP contribution in [0.1, 0.15) is 24.2 Å². The minimum absolute atomic E-state index is 0.454.